The zero-order valence-corrected chi connectivity index (χ0v) is 16.5. The third-order valence-electron chi connectivity index (χ3n) is 4.74. The molecule has 0 aliphatic heterocycles. The molecule has 4 rings (SSSR count). The van der Waals surface area contributed by atoms with Crippen LogP contribution in [0.5, 0.6) is 5.75 Å². The Morgan fingerprint density at radius 1 is 1.16 bits per heavy atom. The van der Waals surface area contributed by atoms with Gasteiger partial charge < -0.3 is 16.2 Å². The van der Waals surface area contributed by atoms with Crippen LogP contribution in [0.3, 0.4) is 0 Å². The van der Waals surface area contributed by atoms with E-state index in [1.807, 2.05) is 0 Å². The first-order valence-electron chi connectivity index (χ1n) is 9.10. The molecule has 0 radical (unpaired) electrons. The number of urea groups is 1. The van der Waals surface area contributed by atoms with Gasteiger partial charge in [-0.05, 0) is 42.0 Å². The number of fused-ring (bicyclic) bond motifs is 1. The van der Waals surface area contributed by atoms with E-state index in [4.69, 9.17) is 16.2 Å². The van der Waals surface area contributed by atoms with Crippen LogP contribution in [0.25, 0.3) is 22.2 Å². The molecule has 0 aliphatic rings. The Hall–Kier alpha value is -4.35. The molecule has 0 atom stereocenters. The van der Waals surface area contributed by atoms with Gasteiger partial charge in [-0.1, -0.05) is 0 Å². The highest BCUT2D eigenvalue weighted by Crippen LogP contribution is 2.39. The molecule has 0 saturated heterocycles. The number of rotatable bonds is 4. The first kappa shape index (κ1) is 20.9. The number of hydrogen-bond acceptors (Lipinski definition) is 6. The summed E-state index contributed by atoms with van der Waals surface area (Å²) < 4.78 is 44.8. The van der Waals surface area contributed by atoms with Crippen molar-refractivity contribution in [3.05, 3.63) is 54.4 Å². The Balaban J connectivity index is 1.80. The Labute approximate surface area is 178 Å². The topological polar surface area (TPSA) is 136 Å². The molecule has 0 spiro atoms. The van der Waals surface area contributed by atoms with E-state index in [0.717, 1.165) is 23.1 Å². The summed E-state index contributed by atoms with van der Waals surface area (Å²) in [5, 5.41) is 7.25. The first-order chi connectivity index (χ1) is 15.2. The third kappa shape index (κ3) is 3.62. The molecule has 3 aromatic heterocycles. The van der Waals surface area contributed by atoms with E-state index < -0.39 is 17.8 Å². The number of aromatic nitrogens is 4. The molecule has 2 amide bonds. The number of alkyl halides is 3. The van der Waals surface area contributed by atoms with Crippen LogP contribution in [-0.2, 0) is 6.18 Å². The van der Waals surface area contributed by atoms with E-state index in [2.05, 4.69) is 20.2 Å². The standard InChI is InChI=1S/C20H16F3N7O2/c1-32-14-4-3-11(20(21,22)23)8-13(14)30(19(25)31)15-5-2-10(9-27-15)12-6-7-26-18-16(12)17(24)28-29-18/h2-9H,1H3,(H2,25,31)(H3,24,26,28,29). The first-order valence-corrected chi connectivity index (χ1v) is 9.10. The van der Waals surface area contributed by atoms with Crippen molar-refractivity contribution in [3.8, 4) is 16.9 Å². The second-order valence-corrected chi connectivity index (χ2v) is 6.66. The van der Waals surface area contributed by atoms with Crippen molar-refractivity contribution in [2.75, 3.05) is 17.7 Å². The van der Waals surface area contributed by atoms with Gasteiger partial charge in [0, 0.05) is 18.0 Å². The van der Waals surface area contributed by atoms with E-state index in [1.165, 1.54) is 19.4 Å². The molecule has 9 nitrogen and oxygen atoms in total. The van der Waals surface area contributed by atoms with Crippen LogP contribution in [0.2, 0.25) is 0 Å². The lowest BCUT2D eigenvalue weighted by Gasteiger charge is -2.23. The van der Waals surface area contributed by atoms with Gasteiger partial charge >= 0.3 is 12.2 Å². The number of nitrogen functional groups attached to an aromatic ring is 1. The van der Waals surface area contributed by atoms with Crippen molar-refractivity contribution in [1.82, 2.24) is 20.2 Å². The maximum Gasteiger partial charge on any atom is 0.416 e. The number of amides is 2. The third-order valence-corrected chi connectivity index (χ3v) is 4.74. The van der Waals surface area contributed by atoms with Crippen LogP contribution in [0.4, 0.5) is 35.3 Å². The minimum Gasteiger partial charge on any atom is -0.495 e. The number of nitrogens with two attached hydrogens (primary N) is 2. The lowest BCUT2D eigenvalue weighted by molar-refractivity contribution is -0.137. The molecule has 0 saturated carbocycles. The Bertz CT molecular complexity index is 1300. The predicted molar refractivity (Wildman–Crippen MR) is 111 cm³/mol. The number of benzene rings is 1. The van der Waals surface area contributed by atoms with Gasteiger partial charge in [0.05, 0.1) is 23.7 Å². The minimum atomic E-state index is -4.63. The molecule has 0 fully saturated rings. The molecular weight excluding hydrogens is 427 g/mol. The van der Waals surface area contributed by atoms with Gasteiger partial charge in [0.15, 0.2) is 5.65 Å². The Morgan fingerprint density at radius 3 is 2.56 bits per heavy atom. The van der Waals surface area contributed by atoms with Gasteiger partial charge in [0.2, 0.25) is 0 Å². The minimum absolute atomic E-state index is 0.00402. The van der Waals surface area contributed by atoms with Gasteiger partial charge in [-0.2, -0.15) is 18.3 Å². The fourth-order valence-corrected chi connectivity index (χ4v) is 3.28. The van der Waals surface area contributed by atoms with Crippen LogP contribution in [-0.4, -0.2) is 33.3 Å². The fourth-order valence-electron chi connectivity index (χ4n) is 3.28. The summed E-state index contributed by atoms with van der Waals surface area (Å²) in [4.78, 5) is 21.4. The molecule has 4 aromatic rings. The van der Waals surface area contributed by atoms with E-state index >= 15 is 0 Å². The van der Waals surface area contributed by atoms with E-state index in [9.17, 15) is 18.0 Å². The van der Waals surface area contributed by atoms with E-state index in [1.54, 1.807) is 18.3 Å². The SMILES string of the molecule is COc1ccc(C(F)(F)F)cc1N(C(N)=O)c1ccc(-c2ccnc3n[nH]c(N)c23)cn1. The van der Waals surface area contributed by atoms with Gasteiger partial charge in [-0.25, -0.2) is 19.7 Å². The molecule has 0 unspecified atom stereocenters. The molecule has 164 valence electrons. The average molecular weight is 443 g/mol. The number of methoxy groups -OCH3 is 1. The molecule has 0 bridgehead atoms. The smallest absolute Gasteiger partial charge is 0.416 e. The van der Waals surface area contributed by atoms with Crippen molar-refractivity contribution in [3.63, 3.8) is 0 Å². The van der Waals surface area contributed by atoms with Gasteiger partial charge in [0.1, 0.15) is 17.4 Å². The van der Waals surface area contributed by atoms with E-state index in [0.29, 0.717) is 28.0 Å². The number of primary amides is 1. The summed E-state index contributed by atoms with van der Waals surface area (Å²) in [6, 6.07) is 6.49. The highest BCUT2D eigenvalue weighted by atomic mass is 19.4. The second-order valence-electron chi connectivity index (χ2n) is 6.66. The predicted octanol–water partition coefficient (Wildman–Crippen LogP) is 3.85. The van der Waals surface area contributed by atoms with Crippen LogP contribution in [0, 0.1) is 0 Å². The number of carbonyl (C=O) groups is 1. The zero-order valence-electron chi connectivity index (χ0n) is 16.5. The highest BCUT2D eigenvalue weighted by Gasteiger charge is 2.33. The zero-order chi connectivity index (χ0) is 23.0. The van der Waals surface area contributed by atoms with Crippen molar-refractivity contribution < 1.29 is 22.7 Å². The number of hydrogen-bond donors (Lipinski definition) is 3. The summed E-state index contributed by atoms with van der Waals surface area (Å²) in [5.74, 6) is 0.341. The lowest BCUT2D eigenvalue weighted by atomic mass is 10.1. The average Bonchev–Trinajstić information content (AvgIpc) is 3.14. The summed E-state index contributed by atoms with van der Waals surface area (Å²) in [6.45, 7) is 0. The molecule has 1 aromatic carbocycles. The number of aromatic amines is 1. The number of anilines is 3. The molecule has 12 heteroatoms. The Kier molecular flexibility index (Phi) is 5.04. The molecule has 5 N–H and O–H groups in total. The second kappa shape index (κ2) is 7.72. The van der Waals surface area contributed by atoms with Gasteiger partial charge in [-0.15, -0.1) is 0 Å². The monoisotopic (exact) mass is 443 g/mol. The van der Waals surface area contributed by atoms with Crippen LogP contribution < -0.4 is 21.1 Å². The molecule has 3 heterocycles. The summed E-state index contributed by atoms with van der Waals surface area (Å²) >= 11 is 0. The Morgan fingerprint density at radius 2 is 1.94 bits per heavy atom. The highest BCUT2D eigenvalue weighted by molar-refractivity contribution is 6.01. The summed E-state index contributed by atoms with van der Waals surface area (Å²) in [6.07, 6.45) is -1.64. The maximum atomic E-state index is 13.2. The van der Waals surface area contributed by atoms with Crippen LogP contribution >= 0.6 is 0 Å². The summed E-state index contributed by atoms with van der Waals surface area (Å²) in [7, 11) is 1.27. The molecule has 0 aliphatic carbocycles. The molecule has 32 heavy (non-hydrogen) atoms. The number of nitrogens with zero attached hydrogens (tertiary/aromatic N) is 4. The van der Waals surface area contributed by atoms with Crippen molar-refractivity contribution in [2.45, 2.75) is 6.18 Å². The van der Waals surface area contributed by atoms with Gasteiger partial charge in [0.25, 0.3) is 0 Å². The maximum absolute atomic E-state index is 13.2. The largest absolute Gasteiger partial charge is 0.495 e. The van der Waals surface area contributed by atoms with Crippen molar-refractivity contribution >= 4 is 34.4 Å². The number of H-pyrrole nitrogens is 1. The van der Waals surface area contributed by atoms with E-state index in [-0.39, 0.29) is 17.3 Å². The van der Waals surface area contributed by atoms with Crippen LogP contribution in [0.1, 0.15) is 5.56 Å². The summed E-state index contributed by atoms with van der Waals surface area (Å²) in [5.41, 5.74) is 12.0. The number of halogens is 3. The van der Waals surface area contributed by atoms with Crippen molar-refractivity contribution in [1.29, 1.82) is 0 Å². The number of pyridine rings is 2. The normalized spacial score (nSPS) is 11.5. The quantitative estimate of drug-likeness (QED) is 0.438. The van der Waals surface area contributed by atoms with Crippen molar-refractivity contribution in [2.24, 2.45) is 5.73 Å². The number of carbonyl (C=O) groups excluding carboxylic acids is 1. The fraction of sp³-hybridized carbons (Fsp3) is 0.100. The van der Waals surface area contributed by atoms with Gasteiger partial charge in [-0.3, -0.25) is 5.10 Å². The lowest BCUT2D eigenvalue weighted by Crippen LogP contribution is -2.32. The molecular formula is C20H16F3N7O2. The number of ether oxygens (including phenoxy) is 1. The number of nitrogens with one attached hydrogen (secondary N) is 1. The van der Waals surface area contributed by atoms with Crippen LogP contribution in [0.15, 0.2) is 48.8 Å².